The SMILES string of the molecule is CC(C)OC(=O)[C@H](C)NP(=O)(OC[C@@]1(C(F)F)O[C@@H](n2ccc(=O)[nH]c2=O)[C@@H](F)[C@@H]1O)Oc1cccc2ccccc12. The van der Waals surface area contributed by atoms with Crippen LogP contribution in [0, 0.1) is 0 Å². The number of H-pyrrole nitrogens is 1. The van der Waals surface area contributed by atoms with Crippen LogP contribution in [0.15, 0.2) is 64.3 Å². The standard InChI is InChI=1S/C26H29F3N3O9P/c1-14(2)39-23(35)15(3)31-42(37,41-18-10-6-8-16-7-4-5-9-17(16)18)38-13-26(24(28)29)21(34)20(27)22(40-26)32-12-11-19(33)30-25(32)36/h4-12,14-15,20-22,24,34H,13H2,1-3H3,(H,31,37)(H,30,33,36)/t15-,20-,21-,22+,26+,42?/m0/s1. The number of aliphatic hydroxyl groups excluding tert-OH is 1. The Hall–Kier alpha value is -3.49. The number of aromatic amines is 1. The molecule has 12 nitrogen and oxygen atoms in total. The average Bonchev–Trinajstić information content (AvgIpc) is 3.18. The summed E-state index contributed by atoms with van der Waals surface area (Å²) in [6.45, 7) is 3.01. The second-order valence-corrected chi connectivity index (χ2v) is 11.5. The molecule has 42 heavy (non-hydrogen) atoms. The zero-order chi connectivity index (χ0) is 30.8. The van der Waals surface area contributed by atoms with Crippen molar-refractivity contribution in [3.05, 3.63) is 75.6 Å². The largest absolute Gasteiger partial charge is 0.462 e. The van der Waals surface area contributed by atoms with Gasteiger partial charge in [0, 0.05) is 17.6 Å². The summed E-state index contributed by atoms with van der Waals surface area (Å²) in [7, 11) is -4.80. The number of aliphatic hydroxyl groups is 1. The van der Waals surface area contributed by atoms with E-state index in [1.807, 2.05) is 4.98 Å². The molecule has 0 radical (unpaired) electrons. The summed E-state index contributed by atoms with van der Waals surface area (Å²) in [5, 5.41) is 14.1. The lowest BCUT2D eigenvalue weighted by molar-refractivity contribution is -0.192. The normalized spacial score (nSPS) is 24.5. The van der Waals surface area contributed by atoms with Crippen LogP contribution in [0.25, 0.3) is 10.8 Å². The molecule has 3 aromatic rings. The first-order chi connectivity index (χ1) is 19.8. The van der Waals surface area contributed by atoms with E-state index in [1.165, 1.54) is 13.0 Å². The smallest absolute Gasteiger partial charge is 0.459 e. The number of hydrogen-bond donors (Lipinski definition) is 3. The average molecular weight is 615 g/mol. The number of ether oxygens (including phenoxy) is 2. The number of halogens is 3. The third-order valence-electron chi connectivity index (χ3n) is 6.39. The predicted octanol–water partition coefficient (Wildman–Crippen LogP) is 3.05. The van der Waals surface area contributed by atoms with E-state index in [0.717, 1.165) is 12.3 Å². The van der Waals surface area contributed by atoms with E-state index in [-0.39, 0.29) is 5.75 Å². The van der Waals surface area contributed by atoms with Crippen molar-refractivity contribution in [2.45, 2.75) is 63.4 Å². The number of carbonyl (C=O) groups is 1. The molecule has 4 rings (SSSR count). The van der Waals surface area contributed by atoms with Gasteiger partial charge < -0.3 is 19.1 Å². The quantitative estimate of drug-likeness (QED) is 0.216. The van der Waals surface area contributed by atoms with Crippen LogP contribution in [0.1, 0.15) is 27.0 Å². The molecule has 0 spiro atoms. The van der Waals surface area contributed by atoms with Gasteiger partial charge in [0.2, 0.25) is 0 Å². The molecule has 1 unspecified atom stereocenters. The number of carbonyl (C=O) groups excluding carboxylic acids is 1. The molecule has 0 aliphatic carbocycles. The van der Waals surface area contributed by atoms with E-state index >= 15 is 4.39 Å². The van der Waals surface area contributed by atoms with Crippen molar-refractivity contribution < 1.29 is 46.2 Å². The van der Waals surface area contributed by atoms with Gasteiger partial charge in [-0.15, -0.1) is 0 Å². The number of nitrogens with one attached hydrogen (secondary N) is 2. The Morgan fingerprint density at radius 3 is 2.52 bits per heavy atom. The lowest BCUT2D eigenvalue weighted by Gasteiger charge is -2.32. The molecule has 2 heterocycles. The fourth-order valence-corrected chi connectivity index (χ4v) is 5.84. The van der Waals surface area contributed by atoms with Crippen LogP contribution < -0.4 is 20.9 Å². The van der Waals surface area contributed by atoms with E-state index in [0.29, 0.717) is 15.3 Å². The Morgan fingerprint density at radius 2 is 1.86 bits per heavy atom. The second kappa shape index (κ2) is 12.4. The highest BCUT2D eigenvalue weighted by Crippen LogP contribution is 2.50. The van der Waals surface area contributed by atoms with Crippen LogP contribution in [0.2, 0.25) is 0 Å². The molecule has 1 fully saturated rings. The number of benzene rings is 2. The topological polar surface area (TPSA) is 158 Å². The van der Waals surface area contributed by atoms with E-state index in [1.54, 1.807) is 50.2 Å². The van der Waals surface area contributed by atoms with Crippen molar-refractivity contribution in [3.63, 3.8) is 0 Å². The second-order valence-electron chi connectivity index (χ2n) is 9.85. The molecule has 1 aliphatic heterocycles. The summed E-state index contributed by atoms with van der Waals surface area (Å²) in [6.07, 6.45) is -10.7. The summed E-state index contributed by atoms with van der Waals surface area (Å²) in [5.74, 6) is -0.870. The molecular formula is C26H29F3N3O9P. The van der Waals surface area contributed by atoms with Crippen LogP contribution in [0.5, 0.6) is 5.75 Å². The Kier molecular flexibility index (Phi) is 9.28. The monoisotopic (exact) mass is 615 g/mol. The summed E-state index contributed by atoms with van der Waals surface area (Å²) < 4.78 is 80.1. The summed E-state index contributed by atoms with van der Waals surface area (Å²) in [6, 6.07) is 11.0. The number of fused-ring (bicyclic) bond motifs is 1. The third kappa shape index (κ3) is 6.45. The number of hydrogen-bond acceptors (Lipinski definition) is 9. The van der Waals surface area contributed by atoms with Gasteiger partial charge in [-0.2, -0.15) is 5.09 Å². The van der Waals surface area contributed by atoms with Crippen molar-refractivity contribution in [2.24, 2.45) is 0 Å². The fourth-order valence-electron chi connectivity index (χ4n) is 4.29. The molecule has 228 valence electrons. The third-order valence-corrected chi connectivity index (χ3v) is 8.00. The lowest BCUT2D eigenvalue weighted by Crippen LogP contribution is -2.52. The minimum atomic E-state index is -4.80. The molecule has 2 aromatic carbocycles. The van der Waals surface area contributed by atoms with Crippen LogP contribution in [-0.2, 0) is 23.4 Å². The van der Waals surface area contributed by atoms with Crippen LogP contribution >= 0.6 is 7.75 Å². The molecule has 1 aromatic heterocycles. The van der Waals surface area contributed by atoms with Crippen molar-refractivity contribution in [2.75, 3.05) is 6.61 Å². The molecule has 0 bridgehead atoms. The molecular weight excluding hydrogens is 586 g/mol. The van der Waals surface area contributed by atoms with Gasteiger partial charge >= 0.3 is 19.4 Å². The summed E-state index contributed by atoms with van der Waals surface area (Å²) in [4.78, 5) is 37.9. The molecule has 6 atom stereocenters. The molecule has 16 heteroatoms. The van der Waals surface area contributed by atoms with Gasteiger partial charge in [-0.1, -0.05) is 36.4 Å². The van der Waals surface area contributed by atoms with Gasteiger partial charge in [0.1, 0.15) is 17.9 Å². The number of esters is 1. The Morgan fingerprint density at radius 1 is 1.17 bits per heavy atom. The van der Waals surface area contributed by atoms with Crippen LogP contribution in [0.3, 0.4) is 0 Å². The highest BCUT2D eigenvalue weighted by Gasteiger charge is 2.62. The zero-order valence-corrected chi connectivity index (χ0v) is 23.5. The van der Waals surface area contributed by atoms with E-state index < -0.39 is 74.2 Å². The first kappa shape index (κ1) is 31.4. The van der Waals surface area contributed by atoms with Crippen molar-refractivity contribution in [3.8, 4) is 5.75 Å². The van der Waals surface area contributed by atoms with Crippen LogP contribution in [0.4, 0.5) is 13.2 Å². The maximum atomic E-state index is 15.2. The van der Waals surface area contributed by atoms with Crippen LogP contribution in [-0.4, -0.2) is 63.7 Å². The Bertz CT molecular complexity index is 1590. The van der Waals surface area contributed by atoms with Gasteiger partial charge in [0.25, 0.3) is 12.0 Å². The van der Waals surface area contributed by atoms with E-state index in [2.05, 4.69) is 5.09 Å². The van der Waals surface area contributed by atoms with Crippen molar-refractivity contribution in [1.82, 2.24) is 14.6 Å². The van der Waals surface area contributed by atoms with Gasteiger partial charge in [-0.25, -0.2) is 22.5 Å². The number of rotatable bonds is 11. The molecule has 0 saturated carbocycles. The fraction of sp³-hybridized carbons (Fsp3) is 0.423. The van der Waals surface area contributed by atoms with Gasteiger partial charge in [0.05, 0.1) is 12.7 Å². The Balaban J connectivity index is 1.68. The Labute approximate surface area is 236 Å². The van der Waals surface area contributed by atoms with Crippen molar-refractivity contribution >= 4 is 24.5 Å². The van der Waals surface area contributed by atoms with E-state index in [4.69, 9.17) is 18.5 Å². The number of nitrogens with zero attached hydrogens (tertiary/aromatic N) is 1. The number of aromatic nitrogens is 2. The molecule has 3 N–H and O–H groups in total. The minimum Gasteiger partial charge on any atom is -0.462 e. The first-order valence-corrected chi connectivity index (χ1v) is 14.3. The first-order valence-electron chi connectivity index (χ1n) is 12.8. The maximum absolute atomic E-state index is 15.2. The summed E-state index contributed by atoms with van der Waals surface area (Å²) in [5.41, 5.74) is -5.17. The number of alkyl halides is 3. The lowest BCUT2D eigenvalue weighted by atomic mass is 9.97. The highest BCUT2D eigenvalue weighted by molar-refractivity contribution is 7.52. The molecule has 1 aliphatic rings. The molecule has 0 amide bonds. The van der Waals surface area contributed by atoms with Gasteiger partial charge in [-0.3, -0.25) is 23.7 Å². The summed E-state index contributed by atoms with van der Waals surface area (Å²) >= 11 is 0. The van der Waals surface area contributed by atoms with Gasteiger partial charge in [0.15, 0.2) is 18.0 Å². The predicted molar refractivity (Wildman–Crippen MR) is 143 cm³/mol. The molecule has 1 saturated heterocycles. The minimum absolute atomic E-state index is 0.00613. The highest BCUT2D eigenvalue weighted by atomic mass is 31.2. The maximum Gasteiger partial charge on any atom is 0.459 e. The van der Waals surface area contributed by atoms with Crippen molar-refractivity contribution in [1.29, 1.82) is 0 Å². The zero-order valence-electron chi connectivity index (χ0n) is 22.6. The van der Waals surface area contributed by atoms with E-state index in [9.17, 15) is 32.8 Å². The van der Waals surface area contributed by atoms with Gasteiger partial charge in [-0.05, 0) is 32.2 Å².